The topological polar surface area (TPSA) is 60.2 Å². The van der Waals surface area contributed by atoms with Crippen LogP contribution in [0.5, 0.6) is 5.75 Å². The smallest absolute Gasteiger partial charge is 0.209 e. The molecule has 1 aromatic heterocycles. The molecule has 7 heteroatoms. The maximum absolute atomic E-state index is 14.5. The molecular weight excluding hydrogens is 337 g/mol. The standard InChI is InChI=1S/C16H15ClFN3OS/c1-2-12(19)10-4-5-11(17)16(15(10)18)22-21-9-3-6-14-13(7-9)20-8-23-14/h3-8,12,21H,2,19H2,1H3/t12-/m1/s1. The Morgan fingerprint density at radius 3 is 3.00 bits per heavy atom. The number of benzene rings is 2. The first-order chi connectivity index (χ1) is 11.1. The largest absolute Gasteiger partial charge is 0.377 e. The molecule has 2 aromatic carbocycles. The Labute approximate surface area is 142 Å². The number of rotatable bonds is 5. The summed E-state index contributed by atoms with van der Waals surface area (Å²) in [6.45, 7) is 1.89. The van der Waals surface area contributed by atoms with Gasteiger partial charge < -0.3 is 10.6 Å². The van der Waals surface area contributed by atoms with Gasteiger partial charge in [-0.2, -0.15) is 0 Å². The molecule has 3 N–H and O–H groups in total. The van der Waals surface area contributed by atoms with Gasteiger partial charge in [-0.05, 0) is 30.7 Å². The Morgan fingerprint density at radius 2 is 2.22 bits per heavy atom. The van der Waals surface area contributed by atoms with Gasteiger partial charge in [-0.1, -0.05) is 24.6 Å². The van der Waals surface area contributed by atoms with Crippen molar-refractivity contribution in [3.8, 4) is 5.75 Å². The summed E-state index contributed by atoms with van der Waals surface area (Å²) in [6.07, 6.45) is 0.617. The average molecular weight is 352 g/mol. The lowest BCUT2D eigenvalue weighted by atomic mass is 10.0. The van der Waals surface area contributed by atoms with E-state index >= 15 is 0 Å². The minimum absolute atomic E-state index is 0.0635. The molecule has 23 heavy (non-hydrogen) atoms. The second-order valence-electron chi connectivity index (χ2n) is 5.03. The van der Waals surface area contributed by atoms with Crippen LogP contribution in [-0.2, 0) is 0 Å². The number of anilines is 1. The summed E-state index contributed by atoms with van der Waals surface area (Å²) in [7, 11) is 0. The van der Waals surface area contributed by atoms with Crippen LogP contribution in [0.4, 0.5) is 10.1 Å². The first-order valence-electron chi connectivity index (χ1n) is 7.09. The van der Waals surface area contributed by atoms with E-state index in [2.05, 4.69) is 10.5 Å². The third kappa shape index (κ3) is 3.24. The maximum Gasteiger partial charge on any atom is 0.209 e. The number of nitrogens with zero attached hydrogens (tertiary/aromatic N) is 1. The summed E-state index contributed by atoms with van der Waals surface area (Å²) in [5.74, 6) is -0.611. The van der Waals surface area contributed by atoms with Crippen LogP contribution in [0.15, 0.2) is 35.8 Å². The summed E-state index contributed by atoms with van der Waals surface area (Å²) >= 11 is 7.59. The third-order valence-corrected chi connectivity index (χ3v) is 4.63. The van der Waals surface area contributed by atoms with E-state index in [4.69, 9.17) is 22.2 Å². The minimum Gasteiger partial charge on any atom is -0.377 e. The second kappa shape index (κ2) is 6.70. The van der Waals surface area contributed by atoms with Gasteiger partial charge in [0.25, 0.3) is 0 Å². The number of halogens is 2. The molecule has 0 aliphatic carbocycles. The molecule has 4 nitrogen and oxygen atoms in total. The monoisotopic (exact) mass is 351 g/mol. The van der Waals surface area contributed by atoms with Crippen molar-refractivity contribution in [2.75, 3.05) is 5.48 Å². The molecule has 0 amide bonds. The SMILES string of the molecule is CC[C@@H](N)c1ccc(Cl)c(ONc2ccc3scnc3c2)c1F. The van der Waals surface area contributed by atoms with Crippen LogP contribution >= 0.6 is 22.9 Å². The van der Waals surface area contributed by atoms with E-state index < -0.39 is 11.9 Å². The number of nitrogens with two attached hydrogens (primary N) is 1. The van der Waals surface area contributed by atoms with Gasteiger partial charge in [-0.25, -0.2) is 14.9 Å². The highest BCUT2D eigenvalue weighted by Gasteiger charge is 2.18. The molecule has 0 aliphatic rings. The molecule has 0 saturated carbocycles. The molecule has 3 rings (SSSR count). The van der Waals surface area contributed by atoms with Gasteiger partial charge in [-0.3, -0.25) is 0 Å². The zero-order chi connectivity index (χ0) is 16.4. The van der Waals surface area contributed by atoms with Crippen molar-refractivity contribution in [3.05, 3.63) is 52.2 Å². The fourth-order valence-corrected chi connectivity index (χ4v) is 3.02. The second-order valence-corrected chi connectivity index (χ2v) is 6.33. The van der Waals surface area contributed by atoms with Crippen molar-refractivity contribution in [2.45, 2.75) is 19.4 Å². The predicted octanol–water partition coefficient (Wildman–Crippen LogP) is 4.90. The lowest BCUT2D eigenvalue weighted by Crippen LogP contribution is -2.13. The molecule has 0 spiro atoms. The van der Waals surface area contributed by atoms with Crippen molar-refractivity contribution >= 4 is 38.8 Å². The molecular formula is C16H15ClFN3OS. The van der Waals surface area contributed by atoms with Gasteiger partial charge in [-0.15, -0.1) is 11.3 Å². The Bertz CT molecular complexity index is 839. The quantitative estimate of drug-likeness (QED) is 0.641. The summed E-state index contributed by atoms with van der Waals surface area (Å²) in [5.41, 5.74) is 12.3. The van der Waals surface area contributed by atoms with Crippen molar-refractivity contribution in [3.63, 3.8) is 0 Å². The van der Waals surface area contributed by atoms with Crippen LogP contribution in [0.2, 0.25) is 5.02 Å². The Balaban J connectivity index is 1.84. The summed E-state index contributed by atoms with van der Waals surface area (Å²) < 4.78 is 15.6. The molecule has 0 aliphatic heterocycles. The number of aromatic nitrogens is 1. The highest BCUT2D eigenvalue weighted by molar-refractivity contribution is 7.16. The van der Waals surface area contributed by atoms with Crippen LogP contribution in [0.25, 0.3) is 10.2 Å². The summed E-state index contributed by atoms with van der Waals surface area (Å²) in [5, 5.41) is 0.178. The predicted molar refractivity (Wildman–Crippen MR) is 92.5 cm³/mol. The van der Waals surface area contributed by atoms with Crippen LogP contribution in [-0.4, -0.2) is 4.98 Å². The highest BCUT2D eigenvalue weighted by atomic mass is 35.5. The zero-order valence-electron chi connectivity index (χ0n) is 12.3. The minimum atomic E-state index is -0.547. The van der Waals surface area contributed by atoms with Gasteiger partial charge in [0, 0.05) is 11.6 Å². The maximum atomic E-state index is 14.5. The van der Waals surface area contributed by atoms with Crippen molar-refractivity contribution in [1.82, 2.24) is 4.98 Å². The molecule has 0 saturated heterocycles. The summed E-state index contributed by atoms with van der Waals surface area (Å²) in [4.78, 5) is 9.60. The van der Waals surface area contributed by atoms with E-state index in [1.165, 1.54) is 0 Å². The van der Waals surface area contributed by atoms with E-state index in [0.29, 0.717) is 17.7 Å². The van der Waals surface area contributed by atoms with Crippen LogP contribution in [0.1, 0.15) is 24.9 Å². The van der Waals surface area contributed by atoms with E-state index in [-0.39, 0.29) is 10.8 Å². The van der Waals surface area contributed by atoms with Crippen molar-refractivity contribution in [1.29, 1.82) is 0 Å². The third-order valence-electron chi connectivity index (χ3n) is 3.52. The fourth-order valence-electron chi connectivity index (χ4n) is 2.18. The van der Waals surface area contributed by atoms with E-state index in [1.54, 1.807) is 29.0 Å². The molecule has 0 fully saturated rings. The number of fused-ring (bicyclic) bond motifs is 1. The molecule has 0 radical (unpaired) electrons. The first kappa shape index (κ1) is 16.0. The molecule has 0 unspecified atom stereocenters. The number of thiazole rings is 1. The number of hydrogen-bond acceptors (Lipinski definition) is 5. The van der Waals surface area contributed by atoms with Gasteiger partial charge in [0.05, 0.1) is 26.4 Å². The average Bonchev–Trinajstić information content (AvgIpc) is 3.01. The number of hydrogen-bond donors (Lipinski definition) is 2. The Morgan fingerprint density at radius 1 is 1.39 bits per heavy atom. The summed E-state index contributed by atoms with van der Waals surface area (Å²) in [6, 6.07) is 8.32. The molecule has 1 heterocycles. The normalized spacial score (nSPS) is 12.3. The highest BCUT2D eigenvalue weighted by Crippen LogP contribution is 2.33. The Kier molecular flexibility index (Phi) is 4.66. The molecule has 120 valence electrons. The van der Waals surface area contributed by atoms with Crippen molar-refractivity contribution < 1.29 is 9.23 Å². The van der Waals surface area contributed by atoms with Crippen LogP contribution in [0, 0.1) is 5.82 Å². The fraction of sp³-hybridized carbons (Fsp3) is 0.188. The van der Waals surface area contributed by atoms with E-state index in [0.717, 1.165) is 10.2 Å². The van der Waals surface area contributed by atoms with Gasteiger partial charge >= 0.3 is 0 Å². The first-order valence-corrected chi connectivity index (χ1v) is 8.35. The molecule has 1 atom stereocenters. The van der Waals surface area contributed by atoms with Gasteiger partial charge in [0.15, 0.2) is 5.82 Å². The molecule has 0 bridgehead atoms. The van der Waals surface area contributed by atoms with Crippen LogP contribution < -0.4 is 16.1 Å². The molecule has 3 aromatic rings. The number of nitrogens with one attached hydrogen (secondary N) is 1. The van der Waals surface area contributed by atoms with E-state index in [1.807, 2.05) is 25.1 Å². The van der Waals surface area contributed by atoms with Crippen LogP contribution in [0.3, 0.4) is 0 Å². The van der Waals surface area contributed by atoms with Gasteiger partial charge in [0.2, 0.25) is 5.75 Å². The zero-order valence-corrected chi connectivity index (χ0v) is 13.9. The lowest BCUT2D eigenvalue weighted by Gasteiger charge is -2.15. The van der Waals surface area contributed by atoms with E-state index in [9.17, 15) is 4.39 Å². The Hall–Kier alpha value is -1.89. The van der Waals surface area contributed by atoms with Gasteiger partial charge in [0.1, 0.15) is 0 Å². The van der Waals surface area contributed by atoms with Crippen molar-refractivity contribution in [2.24, 2.45) is 5.73 Å². The lowest BCUT2D eigenvalue weighted by molar-refractivity contribution is 0.375.